The van der Waals surface area contributed by atoms with E-state index in [4.69, 9.17) is 5.11 Å². The van der Waals surface area contributed by atoms with Gasteiger partial charge in [0.2, 0.25) is 0 Å². The van der Waals surface area contributed by atoms with Crippen molar-refractivity contribution in [2.75, 3.05) is 19.6 Å². The molecule has 1 saturated carbocycles. The highest BCUT2D eigenvalue weighted by Crippen LogP contribution is 2.36. The summed E-state index contributed by atoms with van der Waals surface area (Å²) in [5.74, 6) is -0.680. The molecule has 2 aliphatic rings. The molecule has 1 saturated heterocycles. The lowest BCUT2D eigenvalue weighted by Gasteiger charge is -2.35. The fourth-order valence-corrected chi connectivity index (χ4v) is 3.58. The lowest BCUT2D eigenvalue weighted by atomic mass is 9.85. The Morgan fingerprint density at radius 1 is 1.30 bits per heavy atom. The molecule has 1 aliphatic heterocycles. The number of fused-ring (bicyclic) bond motifs is 1. The minimum Gasteiger partial charge on any atom is -0.481 e. The van der Waals surface area contributed by atoms with Crippen LogP contribution in [0.15, 0.2) is 0 Å². The fraction of sp³-hybridized carbons (Fsp3) is 0.867. The third-order valence-corrected chi connectivity index (χ3v) is 4.82. The zero-order valence-electron chi connectivity index (χ0n) is 12.5. The summed E-state index contributed by atoms with van der Waals surface area (Å²) in [6.45, 7) is 5.29. The van der Waals surface area contributed by atoms with Crippen LogP contribution in [0, 0.1) is 11.8 Å². The van der Waals surface area contributed by atoms with Gasteiger partial charge in [-0.2, -0.15) is 0 Å². The van der Waals surface area contributed by atoms with Crippen molar-refractivity contribution in [3.8, 4) is 0 Å². The summed E-state index contributed by atoms with van der Waals surface area (Å²) < 4.78 is 0. The van der Waals surface area contributed by atoms with E-state index in [1.807, 2.05) is 11.8 Å². The number of amides is 2. The first kappa shape index (κ1) is 15.1. The molecule has 5 heteroatoms. The van der Waals surface area contributed by atoms with Gasteiger partial charge in [0.15, 0.2) is 0 Å². The molecule has 0 radical (unpaired) electrons. The quantitative estimate of drug-likeness (QED) is 0.861. The molecule has 3 atom stereocenters. The van der Waals surface area contributed by atoms with Gasteiger partial charge in [-0.3, -0.25) is 4.79 Å². The Labute approximate surface area is 120 Å². The predicted molar refractivity (Wildman–Crippen MR) is 76.5 cm³/mol. The lowest BCUT2D eigenvalue weighted by molar-refractivity contribution is -0.141. The number of aliphatic carboxylic acids is 1. The standard InChI is InChI=1S/C15H26N2O3/c1-3-16(10-11(2)14(18)19)15(20)17-9-8-12-6-4-5-7-13(12)17/h11-13H,3-10H2,1-2H3,(H,18,19). The third kappa shape index (κ3) is 3.07. The van der Waals surface area contributed by atoms with Crippen LogP contribution in [0.4, 0.5) is 4.79 Å². The van der Waals surface area contributed by atoms with E-state index in [2.05, 4.69) is 0 Å². The van der Waals surface area contributed by atoms with E-state index >= 15 is 0 Å². The molecule has 114 valence electrons. The summed E-state index contributed by atoms with van der Waals surface area (Å²) >= 11 is 0. The highest BCUT2D eigenvalue weighted by molar-refractivity contribution is 5.76. The van der Waals surface area contributed by atoms with Crippen molar-refractivity contribution in [2.45, 2.75) is 52.0 Å². The molecule has 2 rings (SSSR count). The number of carboxylic acid groups (broad SMARTS) is 1. The molecule has 0 spiro atoms. The molecule has 1 aliphatic carbocycles. The Hall–Kier alpha value is -1.26. The Balaban J connectivity index is 1.99. The molecule has 20 heavy (non-hydrogen) atoms. The molecule has 0 aromatic rings. The summed E-state index contributed by atoms with van der Waals surface area (Å²) in [5.41, 5.74) is 0. The summed E-state index contributed by atoms with van der Waals surface area (Å²) in [4.78, 5) is 27.3. The smallest absolute Gasteiger partial charge is 0.320 e. The third-order valence-electron chi connectivity index (χ3n) is 4.82. The largest absolute Gasteiger partial charge is 0.481 e. The van der Waals surface area contributed by atoms with Gasteiger partial charge in [0.25, 0.3) is 0 Å². The van der Waals surface area contributed by atoms with Gasteiger partial charge < -0.3 is 14.9 Å². The monoisotopic (exact) mass is 282 g/mol. The maximum atomic E-state index is 12.6. The van der Waals surface area contributed by atoms with Gasteiger partial charge in [0.05, 0.1) is 5.92 Å². The molecule has 3 unspecified atom stereocenters. The van der Waals surface area contributed by atoms with Crippen LogP contribution in [-0.4, -0.2) is 52.6 Å². The lowest BCUT2D eigenvalue weighted by Crippen LogP contribution is -2.48. The van der Waals surface area contributed by atoms with Crippen LogP contribution in [-0.2, 0) is 4.79 Å². The highest BCUT2D eigenvalue weighted by Gasteiger charge is 2.39. The van der Waals surface area contributed by atoms with E-state index in [1.54, 1.807) is 11.8 Å². The van der Waals surface area contributed by atoms with E-state index in [9.17, 15) is 9.59 Å². The Kier molecular flexibility index (Phi) is 4.89. The number of likely N-dealkylation sites (tertiary alicyclic amines) is 1. The van der Waals surface area contributed by atoms with Crippen molar-refractivity contribution < 1.29 is 14.7 Å². The summed E-state index contributed by atoms with van der Waals surface area (Å²) in [7, 11) is 0. The first-order chi connectivity index (χ1) is 9.54. The average Bonchev–Trinajstić information content (AvgIpc) is 2.87. The van der Waals surface area contributed by atoms with Crippen LogP contribution in [0.2, 0.25) is 0 Å². The SMILES string of the molecule is CCN(CC(C)C(=O)O)C(=O)N1CCC2CCCCC21. The molecule has 2 amide bonds. The van der Waals surface area contributed by atoms with Crippen LogP contribution >= 0.6 is 0 Å². The van der Waals surface area contributed by atoms with Crippen LogP contribution in [0.3, 0.4) is 0 Å². The van der Waals surface area contributed by atoms with Gasteiger partial charge in [-0.1, -0.05) is 19.8 Å². The maximum absolute atomic E-state index is 12.6. The van der Waals surface area contributed by atoms with Crippen molar-refractivity contribution in [2.24, 2.45) is 11.8 Å². The molecule has 2 fully saturated rings. The molecule has 0 aromatic carbocycles. The van der Waals surface area contributed by atoms with Crippen molar-refractivity contribution >= 4 is 12.0 Å². The van der Waals surface area contributed by atoms with E-state index in [1.165, 1.54) is 19.3 Å². The molecular weight excluding hydrogens is 256 g/mol. The molecular formula is C15H26N2O3. The van der Waals surface area contributed by atoms with Crippen molar-refractivity contribution in [1.82, 2.24) is 9.80 Å². The van der Waals surface area contributed by atoms with Crippen LogP contribution in [0.5, 0.6) is 0 Å². The molecule has 0 bridgehead atoms. The second-order valence-corrected chi connectivity index (χ2v) is 6.15. The number of nitrogens with zero attached hydrogens (tertiary/aromatic N) is 2. The fourth-order valence-electron chi connectivity index (χ4n) is 3.58. The highest BCUT2D eigenvalue weighted by atomic mass is 16.4. The van der Waals surface area contributed by atoms with Crippen LogP contribution < -0.4 is 0 Å². The average molecular weight is 282 g/mol. The maximum Gasteiger partial charge on any atom is 0.320 e. The Morgan fingerprint density at radius 2 is 2.00 bits per heavy atom. The topological polar surface area (TPSA) is 60.9 Å². The van der Waals surface area contributed by atoms with E-state index in [0.29, 0.717) is 25.0 Å². The summed E-state index contributed by atoms with van der Waals surface area (Å²) in [6, 6.07) is 0.431. The van der Waals surface area contributed by atoms with Gasteiger partial charge in [0.1, 0.15) is 0 Å². The van der Waals surface area contributed by atoms with E-state index in [-0.39, 0.29) is 6.03 Å². The number of carbonyl (C=O) groups is 2. The van der Waals surface area contributed by atoms with Crippen LogP contribution in [0.25, 0.3) is 0 Å². The van der Waals surface area contributed by atoms with Gasteiger partial charge in [-0.15, -0.1) is 0 Å². The predicted octanol–water partition coefficient (Wildman–Crippen LogP) is 2.41. The first-order valence-corrected chi connectivity index (χ1v) is 7.83. The van der Waals surface area contributed by atoms with Crippen molar-refractivity contribution in [3.05, 3.63) is 0 Å². The normalized spacial score (nSPS) is 27.0. The minimum absolute atomic E-state index is 0.0370. The van der Waals surface area contributed by atoms with Gasteiger partial charge in [-0.25, -0.2) is 4.79 Å². The first-order valence-electron chi connectivity index (χ1n) is 7.83. The number of hydrogen-bond donors (Lipinski definition) is 1. The molecule has 1 heterocycles. The number of carbonyl (C=O) groups excluding carboxylic acids is 1. The molecule has 1 N–H and O–H groups in total. The van der Waals surface area contributed by atoms with Crippen molar-refractivity contribution in [3.63, 3.8) is 0 Å². The molecule has 0 aromatic heterocycles. The number of urea groups is 1. The van der Waals surface area contributed by atoms with Gasteiger partial charge >= 0.3 is 12.0 Å². The summed E-state index contributed by atoms with van der Waals surface area (Å²) in [6.07, 6.45) is 5.97. The number of rotatable bonds is 4. The Bertz CT molecular complexity index is 372. The van der Waals surface area contributed by atoms with Crippen LogP contribution in [0.1, 0.15) is 46.0 Å². The minimum atomic E-state index is -0.840. The van der Waals surface area contributed by atoms with Gasteiger partial charge in [-0.05, 0) is 32.1 Å². The van der Waals surface area contributed by atoms with Crippen molar-refractivity contribution in [1.29, 1.82) is 0 Å². The van der Waals surface area contributed by atoms with E-state index in [0.717, 1.165) is 19.4 Å². The van der Waals surface area contributed by atoms with Gasteiger partial charge in [0, 0.05) is 25.7 Å². The molecule has 5 nitrogen and oxygen atoms in total. The summed E-state index contributed by atoms with van der Waals surface area (Å²) in [5, 5.41) is 9.01. The zero-order valence-corrected chi connectivity index (χ0v) is 12.5. The Morgan fingerprint density at radius 3 is 2.65 bits per heavy atom. The zero-order chi connectivity index (χ0) is 14.7. The number of hydrogen-bond acceptors (Lipinski definition) is 2. The van der Waals surface area contributed by atoms with E-state index < -0.39 is 11.9 Å². The second-order valence-electron chi connectivity index (χ2n) is 6.15. The second kappa shape index (κ2) is 6.46. The number of carboxylic acids is 1.